The number of piperidine rings is 1. The number of carbonyl (C=O) groups is 2. The van der Waals surface area contributed by atoms with Crippen LogP contribution in [0.4, 0.5) is 0 Å². The molecule has 1 aromatic rings. The van der Waals surface area contributed by atoms with E-state index in [1.165, 1.54) is 7.11 Å². The molecule has 20 heavy (non-hydrogen) atoms. The number of methoxy groups -OCH3 is 1. The Labute approximate surface area is 118 Å². The van der Waals surface area contributed by atoms with E-state index in [9.17, 15) is 14.7 Å². The van der Waals surface area contributed by atoms with E-state index >= 15 is 0 Å². The molecule has 1 aliphatic rings. The van der Waals surface area contributed by atoms with Crippen LogP contribution in [0.2, 0.25) is 0 Å². The minimum Gasteiger partial charge on any atom is -0.508 e. The van der Waals surface area contributed by atoms with E-state index < -0.39 is 6.04 Å². The molecule has 0 unspecified atom stereocenters. The zero-order chi connectivity index (χ0) is 14.5. The van der Waals surface area contributed by atoms with Crippen LogP contribution in [0.1, 0.15) is 24.8 Å². The molecule has 1 saturated heterocycles. The van der Waals surface area contributed by atoms with Crippen LogP contribution in [-0.4, -0.2) is 41.6 Å². The first kappa shape index (κ1) is 14.4. The third kappa shape index (κ3) is 3.29. The Balaban J connectivity index is 2.05. The fourth-order valence-electron chi connectivity index (χ4n) is 2.50. The molecular weight excluding hydrogens is 258 g/mol. The first-order valence-electron chi connectivity index (χ1n) is 6.77. The minimum absolute atomic E-state index is 0.0780. The second-order valence-corrected chi connectivity index (χ2v) is 4.97. The Morgan fingerprint density at radius 3 is 2.65 bits per heavy atom. The van der Waals surface area contributed by atoms with Crippen LogP contribution in [0.5, 0.6) is 5.75 Å². The summed E-state index contributed by atoms with van der Waals surface area (Å²) in [5, 5.41) is 9.23. The fraction of sp³-hybridized carbons (Fsp3) is 0.467. The molecule has 1 N–H and O–H groups in total. The summed E-state index contributed by atoms with van der Waals surface area (Å²) >= 11 is 0. The number of hydrogen-bond donors (Lipinski definition) is 1. The average Bonchev–Trinajstić information content (AvgIpc) is 2.48. The maximum atomic E-state index is 12.3. The summed E-state index contributed by atoms with van der Waals surface area (Å²) in [5.41, 5.74) is 0.821. The second kappa shape index (κ2) is 6.41. The summed E-state index contributed by atoms with van der Waals surface area (Å²) in [5.74, 6) is -0.249. The number of aromatic hydroxyl groups is 1. The molecule has 1 aliphatic heterocycles. The van der Waals surface area contributed by atoms with E-state index in [1.807, 2.05) is 0 Å². The number of hydrogen-bond acceptors (Lipinski definition) is 4. The van der Waals surface area contributed by atoms with Gasteiger partial charge in [0.25, 0.3) is 0 Å². The molecule has 1 amide bonds. The van der Waals surface area contributed by atoms with Gasteiger partial charge < -0.3 is 14.7 Å². The van der Waals surface area contributed by atoms with Crippen LogP contribution >= 0.6 is 0 Å². The minimum atomic E-state index is -0.460. The van der Waals surface area contributed by atoms with Crippen LogP contribution < -0.4 is 0 Å². The number of amides is 1. The Kier molecular flexibility index (Phi) is 4.61. The highest BCUT2D eigenvalue weighted by Gasteiger charge is 2.32. The third-order valence-electron chi connectivity index (χ3n) is 3.59. The molecular formula is C15H19NO4. The maximum absolute atomic E-state index is 12.3. The molecule has 5 nitrogen and oxygen atoms in total. The van der Waals surface area contributed by atoms with Gasteiger partial charge in [-0.3, -0.25) is 4.79 Å². The summed E-state index contributed by atoms with van der Waals surface area (Å²) in [6, 6.07) is 6.07. The quantitative estimate of drug-likeness (QED) is 0.850. The Hall–Kier alpha value is -2.04. The van der Waals surface area contributed by atoms with Gasteiger partial charge in [0.15, 0.2) is 0 Å². The first-order valence-corrected chi connectivity index (χ1v) is 6.77. The number of rotatable bonds is 3. The van der Waals surface area contributed by atoms with Crippen molar-refractivity contribution in [2.75, 3.05) is 13.7 Å². The van der Waals surface area contributed by atoms with Crippen LogP contribution in [0.25, 0.3) is 0 Å². The van der Waals surface area contributed by atoms with Crippen molar-refractivity contribution in [2.24, 2.45) is 0 Å². The number of benzene rings is 1. The van der Waals surface area contributed by atoms with Gasteiger partial charge in [-0.2, -0.15) is 0 Å². The lowest BCUT2D eigenvalue weighted by molar-refractivity contribution is -0.154. The molecule has 0 aliphatic carbocycles. The van der Waals surface area contributed by atoms with E-state index in [1.54, 1.807) is 29.2 Å². The van der Waals surface area contributed by atoms with Crippen molar-refractivity contribution in [3.63, 3.8) is 0 Å². The molecule has 1 atom stereocenters. The number of ether oxygens (including phenoxy) is 1. The fourth-order valence-corrected chi connectivity index (χ4v) is 2.50. The SMILES string of the molecule is COC(=O)[C@H]1CCCCN1C(=O)Cc1ccc(O)cc1. The molecule has 0 radical (unpaired) electrons. The van der Waals surface area contributed by atoms with Gasteiger partial charge in [-0.15, -0.1) is 0 Å². The third-order valence-corrected chi connectivity index (χ3v) is 3.59. The Morgan fingerprint density at radius 1 is 1.30 bits per heavy atom. The number of phenolic OH excluding ortho intramolecular Hbond substituents is 1. The molecule has 5 heteroatoms. The summed E-state index contributed by atoms with van der Waals surface area (Å²) in [7, 11) is 1.35. The standard InChI is InChI=1S/C15H19NO4/c1-20-15(19)13-4-2-3-9-16(13)14(18)10-11-5-7-12(17)8-6-11/h5-8,13,17H,2-4,9-10H2,1H3/t13-/m1/s1. The lowest BCUT2D eigenvalue weighted by Gasteiger charge is -2.33. The van der Waals surface area contributed by atoms with Gasteiger partial charge in [0.05, 0.1) is 13.5 Å². The lowest BCUT2D eigenvalue weighted by Crippen LogP contribution is -2.49. The van der Waals surface area contributed by atoms with Crippen molar-refractivity contribution in [1.82, 2.24) is 4.90 Å². The summed E-state index contributed by atoms with van der Waals surface area (Å²) in [4.78, 5) is 25.7. The summed E-state index contributed by atoms with van der Waals surface area (Å²) in [6.45, 7) is 0.594. The molecule has 2 rings (SSSR count). The van der Waals surface area contributed by atoms with Crippen molar-refractivity contribution >= 4 is 11.9 Å². The van der Waals surface area contributed by atoms with Crippen molar-refractivity contribution in [3.05, 3.63) is 29.8 Å². The van der Waals surface area contributed by atoms with Crippen LogP contribution in [0, 0.1) is 0 Å². The Bertz CT molecular complexity index is 483. The number of likely N-dealkylation sites (tertiary alicyclic amines) is 1. The number of phenols is 1. The molecule has 0 aromatic heterocycles. The second-order valence-electron chi connectivity index (χ2n) is 4.97. The zero-order valence-corrected chi connectivity index (χ0v) is 11.5. The van der Waals surface area contributed by atoms with E-state index in [2.05, 4.69) is 0 Å². The first-order chi connectivity index (χ1) is 9.61. The summed E-state index contributed by atoms with van der Waals surface area (Å²) in [6.07, 6.45) is 2.74. The van der Waals surface area contributed by atoms with Crippen molar-refractivity contribution in [3.8, 4) is 5.75 Å². The molecule has 0 spiro atoms. The van der Waals surface area contributed by atoms with Crippen molar-refractivity contribution in [1.29, 1.82) is 0 Å². The maximum Gasteiger partial charge on any atom is 0.328 e. The molecule has 1 aromatic carbocycles. The van der Waals surface area contributed by atoms with Gasteiger partial charge in [0, 0.05) is 6.54 Å². The normalized spacial score (nSPS) is 18.6. The molecule has 0 bridgehead atoms. The molecule has 108 valence electrons. The van der Waals surface area contributed by atoms with Gasteiger partial charge in [0.1, 0.15) is 11.8 Å². The zero-order valence-electron chi connectivity index (χ0n) is 11.5. The van der Waals surface area contributed by atoms with Crippen LogP contribution in [-0.2, 0) is 20.7 Å². The predicted octanol–water partition coefficient (Wildman–Crippen LogP) is 1.49. The largest absolute Gasteiger partial charge is 0.508 e. The van der Waals surface area contributed by atoms with Gasteiger partial charge >= 0.3 is 5.97 Å². The highest BCUT2D eigenvalue weighted by Crippen LogP contribution is 2.20. The van der Waals surface area contributed by atoms with E-state index in [4.69, 9.17) is 4.74 Å². The molecule has 1 heterocycles. The van der Waals surface area contributed by atoms with E-state index in [-0.39, 0.29) is 24.0 Å². The van der Waals surface area contributed by atoms with Gasteiger partial charge in [-0.25, -0.2) is 4.79 Å². The van der Waals surface area contributed by atoms with Crippen molar-refractivity contribution < 1.29 is 19.4 Å². The van der Waals surface area contributed by atoms with E-state index in [0.29, 0.717) is 13.0 Å². The van der Waals surface area contributed by atoms with Gasteiger partial charge in [-0.05, 0) is 37.0 Å². The topological polar surface area (TPSA) is 66.8 Å². The number of nitrogens with zero attached hydrogens (tertiary/aromatic N) is 1. The van der Waals surface area contributed by atoms with Gasteiger partial charge in [-0.1, -0.05) is 12.1 Å². The number of esters is 1. The monoisotopic (exact) mass is 277 g/mol. The molecule has 1 fully saturated rings. The van der Waals surface area contributed by atoms with Crippen LogP contribution in [0.15, 0.2) is 24.3 Å². The van der Waals surface area contributed by atoms with Crippen molar-refractivity contribution in [2.45, 2.75) is 31.7 Å². The highest BCUT2D eigenvalue weighted by molar-refractivity contribution is 5.86. The molecule has 0 saturated carbocycles. The lowest BCUT2D eigenvalue weighted by atomic mass is 10.0. The smallest absolute Gasteiger partial charge is 0.328 e. The highest BCUT2D eigenvalue weighted by atomic mass is 16.5. The Morgan fingerprint density at radius 2 is 2.00 bits per heavy atom. The predicted molar refractivity (Wildman–Crippen MR) is 73.2 cm³/mol. The average molecular weight is 277 g/mol. The number of carbonyl (C=O) groups excluding carboxylic acids is 2. The summed E-state index contributed by atoms with van der Waals surface area (Å²) < 4.78 is 4.77. The van der Waals surface area contributed by atoms with Crippen LogP contribution in [0.3, 0.4) is 0 Å². The van der Waals surface area contributed by atoms with Gasteiger partial charge in [0.2, 0.25) is 5.91 Å². The van der Waals surface area contributed by atoms with E-state index in [0.717, 1.165) is 18.4 Å².